The minimum absolute atomic E-state index is 0.214. The standard InChI is InChI=1S/C18H19N3O5/c1-12(2)14-4-6-15(7-5-14)26-11-18(23)20-19-10-13-3-8-17(22)16(9-13)21(24)25/h3-10,12,22H,11H2,1-2H3,(H,20,23)/b19-10+. The number of amides is 1. The van der Waals surface area contributed by atoms with E-state index in [1.807, 2.05) is 12.1 Å². The molecule has 2 rings (SSSR count). The van der Waals surface area contributed by atoms with Gasteiger partial charge in [-0.2, -0.15) is 5.10 Å². The largest absolute Gasteiger partial charge is 0.502 e. The maximum atomic E-state index is 11.7. The molecule has 0 aliphatic rings. The average Bonchev–Trinajstić information content (AvgIpc) is 2.61. The van der Waals surface area contributed by atoms with E-state index >= 15 is 0 Å². The Morgan fingerprint density at radius 3 is 2.62 bits per heavy atom. The first-order valence-electron chi connectivity index (χ1n) is 7.89. The lowest BCUT2D eigenvalue weighted by atomic mass is 10.0. The summed E-state index contributed by atoms with van der Waals surface area (Å²) in [4.78, 5) is 21.8. The number of carbonyl (C=O) groups is 1. The van der Waals surface area contributed by atoms with Crippen LogP contribution in [-0.4, -0.2) is 28.8 Å². The van der Waals surface area contributed by atoms with Crippen molar-refractivity contribution in [2.75, 3.05) is 6.61 Å². The molecule has 2 aromatic carbocycles. The predicted octanol–water partition coefficient (Wildman–Crippen LogP) is 2.95. The summed E-state index contributed by atoms with van der Waals surface area (Å²) in [6.45, 7) is 3.96. The Labute approximate surface area is 150 Å². The van der Waals surface area contributed by atoms with E-state index in [4.69, 9.17) is 4.74 Å². The van der Waals surface area contributed by atoms with Gasteiger partial charge in [-0.25, -0.2) is 5.43 Å². The number of nitrogens with zero attached hydrogens (tertiary/aromatic N) is 2. The Morgan fingerprint density at radius 1 is 1.31 bits per heavy atom. The van der Waals surface area contributed by atoms with Gasteiger partial charge in [0.1, 0.15) is 5.75 Å². The van der Waals surface area contributed by atoms with E-state index in [1.165, 1.54) is 23.9 Å². The van der Waals surface area contributed by atoms with E-state index in [0.29, 0.717) is 17.2 Å². The molecule has 8 nitrogen and oxygen atoms in total. The fraction of sp³-hybridized carbons (Fsp3) is 0.222. The lowest BCUT2D eigenvalue weighted by Crippen LogP contribution is -2.24. The molecule has 0 fully saturated rings. The predicted molar refractivity (Wildman–Crippen MR) is 96.5 cm³/mol. The van der Waals surface area contributed by atoms with Crippen LogP contribution in [0.15, 0.2) is 47.6 Å². The maximum absolute atomic E-state index is 11.7. The Bertz CT molecular complexity index is 816. The van der Waals surface area contributed by atoms with Crippen LogP contribution < -0.4 is 10.2 Å². The van der Waals surface area contributed by atoms with Crippen LogP contribution >= 0.6 is 0 Å². The van der Waals surface area contributed by atoms with Gasteiger partial charge in [0, 0.05) is 11.6 Å². The first-order chi connectivity index (χ1) is 12.4. The second-order valence-corrected chi connectivity index (χ2v) is 5.81. The second-order valence-electron chi connectivity index (χ2n) is 5.81. The Hall–Kier alpha value is -3.42. The number of nitro benzene ring substituents is 1. The fourth-order valence-electron chi connectivity index (χ4n) is 2.08. The van der Waals surface area contributed by atoms with E-state index in [9.17, 15) is 20.0 Å². The van der Waals surface area contributed by atoms with Crippen molar-refractivity contribution in [3.05, 3.63) is 63.7 Å². The highest BCUT2D eigenvalue weighted by atomic mass is 16.6. The Kier molecular flexibility index (Phi) is 6.26. The third-order valence-corrected chi connectivity index (χ3v) is 3.52. The van der Waals surface area contributed by atoms with Crippen molar-refractivity contribution in [3.63, 3.8) is 0 Å². The van der Waals surface area contributed by atoms with Gasteiger partial charge >= 0.3 is 5.69 Å². The van der Waals surface area contributed by atoms with Crippen molar-refractivity contribution >= 4 is 17.8 Å². The smallest absolute Gasteiger partial charge is 0.311 e. The highest BCUT2D eigenvalue weighted by molar-refractivity contribution is 5.84. The quantitative estimate of drug-likeness (QED) is 0.449. The second kappa shape index (κ2) is 8.61. The highest BCUT2D eigenvalue weighted by Gasteiger charge is 2.12. The Morgan fingerprint density at radius 2 is 2.00 bits per heavy atom. The van der Waals surface area contributed by atoms with Crippen molar-refractivity contribution in [1.29, 1.82) is 0 Å². The number of phenols is 1. The molecule has 0 heterocycles. The number of nitrogens with one attached hydrogen (secondary N) is 1. The molecule has 0 atom stereocenters. The molecule has 0 spiro atoms. The number of nitro groups is 1. The van der Waals surface area contributed by atoms with Crippen LogP contribution in [0, 0.1) is 10.1 Å². The first kappa shape index (κ1) is 18.9. The average molecular weight is 357 g/mol. The van der Waals surface area contributed by atoms with Crippen LogP contribution in [0.1, 0.15) is 30.9 Å². The SMILES string of the molecule is CC(C)c1ccc(OCC(=O)N/N=C/c2ccc(O)c([N+](=O)[O-])c2)cc1. The monoisotopic (exact) mass is 357 g/mol. The summed E-state index contributed by atoms with van der Waals surface area (Å²) >= 11 is 0. The van der Waals surface area contributed by atoms with Gasteiger partial charge in [0.25, 0.3) is 5.91 Å². The molecule has 0 bridgehead atoms. The number of rotatable bonds is 7. The molecule has 0 unspecified atom stereocenters. The molecular weight excluding hydrogens is 338 g/mol. The number of hydrogen-bond donors (Lipinski definition) is 2. The zero-order chi connectivity index (χ0) is 19.1. The van der Waals surface area contributed by atoms with Gasteiger partial charge < -0.3 is 9.84 Å². The lowest BCUT2D eigenvalue weighted by Gasteiger charge is -2.08. The molecule has 0 aliphatic carbocycles. The van der Waals surface area contributed by atoms with Gasteiger partial charge in [0.05, 0.1) is 11.1 Å². The van der Waals surface area contributed by atoms with E-state index in [2.05, 4.69) is 24.4 Å². The number of aromatic hydroxyl groups is 1. The molecule has 26 heavy (non-hydrogen) atoms. The van der Waals surface area contributed by atoms with Gasteiger partial charge in [0.15, 0.2) is 12.4 Å². The fourth-order valence-corrected chi connectivity index (χ4v) is 2.08. The summed E-state index contributed by atoms with van der Waals surface area (Å²) in [7, 11) is 0. The van der Waals surface area contributed by atoms with Crippen molar-refractivity contribution in [2.24, 2.45) is 5.10 Å². The van der Waals surface area contributed by atoms with Gasteiger partial charge in [-0.15, -0.1) is 0 Å². The third-order valence-electron chi connectivity index (χ3n) is 3.52. The number of hydrogen-bond acceptors (Lipinski definition) is 6. The van der Waals surface area contributed by atoms with Crippen LogP contribution in [0.4, 0.5) is 5.69 Å². The van der Waals surface area contributed by atoms with E-state index < -0.39 is 22.3 Å². The van der Waals surface area contributed by atoms with Crippen LogP contribution in [0.5, 0.6) is 11.5 Å². The van der Waals surface area contributed by atoms with Crippen LogP contribution in [0.25, 0.3) is 0 Å². The molecule has 0 saturated carbocycles. The summed E-state index contributed by atoms with van der Waals surface area (Å²) in [5.74, 6) is 0.0793. The minimum atomic E-state index is -0.705. The number of benzene rings is 2. The third kappa shape index (κ3) is 5.30. The number of ether oxygens (including phenoxy) is 1. The normalized spacial score (nSPS) is 10.9. The van der Waals surface area contributed by atoms with Crippen LogP contribution in [0.2, 0.25) is 0 Å². The van der Waals surface area contributed by atoms with E-state index in [0.717, 1.165) is 6.07 Å². The van der Waals surface area contributed by atoms with Gasteiger partial charge in [0.2, 0.25) is 0 Å². The van der Waals surface area contributed by atoms with Crippen molar-refractivity contribution in [2.45, 2.75) is 19.8 Å². The van der Waals surface area contributed by atoms with Crippen LogP contribution in [0.3, 0.4) is 0 Å². The first-order valence-corrected chi connectivity index (χ1v) is 7.89. The van der Waals surface area contributed by atoms with Crippen LogP contribution in [-0.2, 0) is 4.79 Å². The number of hydrazone groups is 1. The summed E-state index contributed by atoms with van der Waals surface area (Å²) in [6.07, 6.45) is 1.24. The molecule has 0 saturated heterocycles. The summed E-state index contributed by atoms with van der Waals surface area (Å²) < 4.78 is 5.36. The number of carbonyl (C=O) groups excluding carboxylic acids is 1. The summed E-state index contributed by atoms with van der Waals surface area (Å²) in [6, 6.07) is 11.2. The van der Waals surface area contributed by atoms with Gasteiger partial charge in [-0.05, 0) is 35.7 Å². The van der Waals surface area contributed by atoms with E-state index in [-0.39, 0.29) is 6.61 Å². The molecule has 2 N–H and O–H groups in total. The molecule has 136 valence electrons. The topological polar surface area (TPSA) is 114 Å². The maximum Gasteiger partial charge on any atom is 0.311 e. The summed E-state index contributed by atoms with van der Waals surface area (Å²) in [5.41, 5.74) is 3.37. The van der Waals surface area contributed by atoms with Crippen molar-refractivity contribution in [3.8, 4) is 11.5 Å². The molecule has 0 aromatic heterocycles. The lowest BCUT2D eigenvalue weighted by molar-refractivity contribution is -0.385. The zero-order valence-corrected chi connectivity index (χ0v) is 14.4. The molecule has 8 heteroatoms. The molecule has 2 aromatic rings. The van der Waals surface area contributed by atoms with Crippen molar-refractivity contribution in [1.82, 2.24) is 5.43 Å². The van der Waals surface area contributed by atoms with Crippen molar-refractivity contribution < 1.29 is 19.6 Å². The number of phenolic OH excluding ortho intramolecular Hbond substituents is 1. The molecule has 0 radical (unpaired) electrons. The Balaban J connectivity index is 1.85. The van der Waals surface area contributed by atoms with Gasteiger partial charge in [-0.3, -0.25) is 14.9 Å². The van der Waals surface area contributed by atoms with Gasteiger partial charge in [-0.1, -0.05) is 26.0 Å². The molecule has 0 aliphatic heterocycles. The molecule has 1 amide bonds. The minimum Gasteiger partial charge on any atom is -0.502 e. The van der Waals surface area contributed by atoms with E-state index in [1.54, 1.807) is 12.1 Å². The highest BCUT2D eigenvalue weighted by Crippen LogP contribution is 2.25. The zero-order valence-electron chi connectivity index (χ0n) is 14.4. The summed E-state index contributed by atoms with van der Waals surface area (Å²) in [5, 5.41) is 23.8. The molecular formula is C18H19N3O5.